The average molecular weight is 307 g/mol. The second-order valence-electron chi connectivity index (χ2n) is 4.74. The lowest BCUT2D eigenvalue weighted by Gasteiger charge is -2.10. The van der Waals surface area contributed by atoms with Crippen LogP contribution in [0.1, 0.15) is 26.3 Å². The van der Waals surface area contributed by atoms with Crippen LogP contribution in [0.25, 0.3) is 5.69 Å². The minimum absolute atomic E-state index is 0.172. The van der Waals surface area contributed by atoms with Gasteiger partial charge in [-0.15, -0.1) is 0 Å². The largest absolute Gasteiger partial charge is 0.465 e. The standard InChI is InChI=1S/C17H13N3O3/c1-23-17(22)13-7-8-14(15(11-13)20-18-9-10-19-20)16(21)12-5-3-2-4-6-12/h2-11H,1H3. The van der Waals surface area contributed by atoms with Gasteiger partial charge in [0.15, 0.2) is 5.78 Å². The Labute approximate surface area is 132 Å². The SMILES string of the molecule is COC(=O)c1ccc(C(=O)c2ccccc2)c(-n2nccn2)c1. The number of ketones is 1. The van der Waals surface area contributed by atoms with E-state index in [9.17, 15) is 9.59 Å². The van der Waals surface area contributed by atoms with E-state index < -0.39 is 5.97 Å². The van der Waals surface area contributed by atoms with Crippen molar-refractivity contribution in [2.75, 3.05) is 7.11 Å². The zero-order valence-corrected chi connectivity index (χ0v) is 12.3. The molecule has 0 bridgehead atoms. The molecule has 1 aromatic heterocycles. The van der Waals surface area contributed by atoms with Crippen LogP contribution in [0, 0.1) is 0 Å². The first-order chi connectivity index (χ1) is 11.2. The molecule has 0 aliphatic rings. The number of hydrogen-bond acceptors (Lipinski definition) is 5. The smallest absolute Gasteiger partial charge is 0.337 e. The molecule has 0 aliphatic carbocycles. The summed E-state index contributed by atoms with van der Waals surface area (Å²) in [6.45, 7) is 0. The van der Waals surface area contributed by atoms with Crippen molar-refractivity contribution < 1.29 is 14.3 Å². The minimum atomic E-state index is -0.489. The van der Waals surface area contributed by atoms with Gasteiger partial charge in [-0.25, -0.2) is 4.79 Å². The molecule has 6 heteroatoms. The molecule has 0 saturated carbocycles. The molecule has 0 spiro atoms. The summed E-state index contributed by atoms with van der Waals surface area (Å²) in [5.41, 5.74) is 1.70. The number of carbonyl (C=O) groups excluding carboxylic acids is 2. The number of carbonyl (C=O) groups is 2. The van der Waals surface area contributed by atoms with Gasteiger partial charge in [0.25, 0.3) is 0 Å². The fourth-order valence-corrected chi connectivity index (χ4v) is 2.22. The Kier molecular flexibility index (Phi) is 3.97. The van der Waals surface area contributed by atoms with Gasteiger partial charge in [-0.1, -0.05) is 30.3 Å². The summed E-state index contributed by atoms with van der Waals surface area (Å²) in [4.78, 5) is 25.8. The van der Waals surface area contributed by atoms with Crippen LogP contribution >= 0.6 is 0 Å². The molecule has 6 nitrogen and oxygen atoms in total. The first-order valence-electron chi connectivity index (χ1n) is 6.89. The number of hydrogen-bond donors (Lipinski definition) is 0. The lowest BCUT2D eigenvalue weighted by Crippen LogP contribution is -2.12. The molecule has 114 valence electrons. The van der Waals surface area contributed by atoms with Crippen LogP contribution in [0.5, 0.6) is 0 Å². The predicted octanol–water partition coefficient (Wildman–Crippen LogP) is 2.28. The first-order valence-corrected chi connectivity index (χ1v) is 6.89. The molecule has 23 heavy (non-hydrogen) atoms. The van der Waals surface area contributed by atoms with E-state index in [2.05, 4.69) is 10.2 Å². The van der Waals surface area contributed by atoms with Crippen molar-refractivity contribution >= 4 is 11.8 Å². The normalized spacial score (nSPS) is 10.3. The predicted molar refractivity (Wildman–Crippen MR) is 82.6 cm³/mol. The van der Waals surface area contributed by atoms with Gasteiger partial charge in [0.05, 0.1) is 36.3 Å². The molecule has 0 N–H and O–H groups in total. The molecule has 1 heterocycles. The Bertz CT molecular complexity index is 843. The number of nitrogens with zero attached hydrogens (tertiary/aromatic N) is 3. The summed E-state index contributed by atoms with van der Waals surface area (Å²) in [7, 11) is 1.30. The van der Waals surface area contributed by atoms with Crippen molar-refractivity contribution in [1.82, 2.24) is 15.0 Å². The van der Waals surface area contributed by atoms with Crippen molar-refractivity contribution in [1.29, 1.82) is 0 Å². The zero-order valence-electron chi connectivity index (χ0n) is 12.3. The molecule has 2 aromatic carbocycles. The van der Waals surface area contributed by atoms with Crippen LogP contribution in [-0.4, -0.2) is 33.9 Å². The Hall–Kier alpha value is -3.28. The van der Waals surface area contributed by atoms with Gasteiger partial charge in [-0.05, 0) is 18.2 Å². The van der Waals surface area contributed by atoms with Crippen molar-refractivity contribution in [3.8, 4) is 5.69 Å². The highest BCUT2D eigenvalue weighted by molar-refractivity contribution is 6.11. The molecule has 0 radical (unpaired) electrons. The van der Waals surface area contributed by atoms with Gasteiger partial charge in [0.2, 0.25) is 0 Å². The third-order valence-electron chi connectivity index (χ3n) is 3.33. The second kappa shape index (κ2) is 6.23. The molecule has 0 aliphatic heterocycles. The second-order valence-corrected chi connectivity index (χ2v) is 4.74. The molecule has 3 aromatic rings. The van der Waals surface area contributed by atoms with Crippen molar-refractivity contribution in [2.45, 2.75) is 0 Å². The number of methoxy groups -OCH3 is 1. The van der Waals surface area contributed by atoms with Crippen LogP contribution in [-0.2, 0) is 4.74 Å². The Morgan fingerprint density at radius 3 is 2.30 bits per heavy atom. The molecule has 0 atom stereocenters. The summed E-state index contributed by atoms with van der Waals surface area (Å²) in [6, 6.07) is 13.6. The lowest BCUT2D eigenvalue weighted by molar-refractivity contribution is 0.0600. The average Bonchev–Trinajstić information content (AvgIpc) is 3.15. The number of benzene rings is 2. The van der Waals surface area contributed by atoms with E-state index in [1.807, 2.05) is 6.07 Å². The Morgan fingerprint density at radius 1 is 0.957 bits per heavy atom. The summed E-state index contributed by atoms with van der Waals surface area (Å²) < 4.78 is 4.72. The highest BCUT2D eigenvalue weighted by Gasteiger charge is 2.18. The van der Waals surface area contributed by atoms with E-state index in [4.69, 9.17) is 4.74 Å². The molecule has 0 fully saturated rings. The maximum atomic E-state index is 12.7. The topological polar surface area (TPSA) is 74.1 Å². The highest BCUT2D eigenvalue weighted by Crippen LogP contribution is 2.20. The molecule has 0 amide bonds. The fourth-order valence-electron chi connectivity index (χ4n) is 2.22. The lowest BCUT2D eigenvalue weighted by atomic mass is 10.00. The quantitative estimate of drug-likeness (QED) is 0.546. The zero-order chi connectivity index (χ0) is 16.2. The molecule has 0 saturated heterocycles. The fraction of sp³-hybridized carbons (Fsp3) is 0.0588. The summed E-state index contributed by atoms with van der Waals surface area (Å²) in [5, 5.41) is 8.10. The van der Waals surface area contributed by atoms with Crippen LogP contribution in [0.4, 0.5) is 0 Å². The van der Waals surface area contributed by atoms with Crippen molar-refractivity contribution in [3.05, 3.63) is 77.6 Å². The monoisotopic (exact) mass is 307 g/mol. The molecule has 0 unspecified atom stereocenters. The summed E-state index contributed by atoms with van der Waals surface area (Å²) in [6.07, 6.45) is 3.00. The van der Waals surface area contributed by atoms with Gasteiger partial charge in [0.1, 0.15) is 0 Å². The number of esters is 1. The molecular weight excluding hydrogens is 294 g/mol. The number of ether oxygens (including phenoxy) is 1. The van der Waals surface area contributed by atoms with Crippen molar-refractivity contribution in [3.63, 3.8) is 0 Å². The van der Waals surface area contributed by atoms with Crippen LogP contribution in [0.3, 0.4) is 0 Å². The van der Waals surface area contributed by atoms with E-state index in [1.165, 1.54) is 24.3 Å². The maximum Gasteiger partial charge on any atom is 0.337 e. The first kappa shape index (κ1) is 14.6. The maximum absolute atomic E-state index is 12.7. The van der Waals surface area contributed by atoms with E-state index >= 15 is 0 Å². The van der Waals surface area contributed by atoms with Gasteiger partial charge in [-0.2, -0.15) is 15.0 Å². The van der Waals surface area contributed by atoms with Crippen LogP contribution in [0.15, 0.2) is 60.9 Å². The van der Waals surface area contributed by atoms with E-state index in [-0.39, 0.29) is 5.78 Å². The summed E-state index contributed by atoms with van der Waals surface area (Å²) in [5.74, 6) is -0.661. The third kappa shape index (κ3) is 2.87. The van der Waals surface area contributed by atoms with E-state index in [0.29, 0.717) is 22.4 Å². The van der Waals surface area contributed by atoms with E-state index in [0.717, 1.165) is 0 Å². The third-order valence-corrected chi connectivity index (χ3v) is 3.33. The highest BCUT2D eigenvalue weighted by atomic mass is 16.5. The van der Waals surface area contributed by atoms with Crippen LogP contribution < -0.4 is 0 Å². The van der Waals surface area contributed by atoms with Gasteiger partial charge < -0.3 is 4.74 Å². The minimum Gasteiger partial charge on any atom is -0.465 e. The van der Waals surface area contributed by atoms with Gasteiger partial charge >= 0.3 is 5.97 Å². The van der Waals surface area contributed by atoms with Crippen LogP contribution in [0.2, 0.25) is 0 Å². The summed E-state index contributed by atoms with van der Waals surface area (Å²) >= 11 is 0. The molecule has 3 rings (SSSR count). The Balaban J connectivity index is 2.13. The number of aromatic nitrogens is 3. The molecular formula is C17H13N3O3. The van der Waals surface area contributed by atoms with Gasteiger partial charge in [0, 0.05) is 5.56 Å². The van der Waals surface area contributed by atoms with E-state index in [1.54, 1.807) is 42.5 Å². The van der Waals surface area contributed by atoms with Crippen molar-refractivity contribution in [2.24, 2.45) is 0 Å². The Morgan fingerprint density at radius 2 is 1.65 bits per heavy atom. The number of rotatable bonds is 4. The van der Waals surface area contributed by atoms with Gasteiger partial charge in [-0.3, -0.25) is 4.79 Å².